The molecule has 0 saturated heterocycles. The molecule has 0 spiro atoms. The van der Waals surface area contributed by atoms with Crippen molar-refractivity contribution in [1.29, 1.82) is 5.26 Å². The number of anilines is 1. The van der Waals surface area contributed by atoms with Crippen molar-refractivity contribution in [2.45, 2.75) is 12.8 Å². The summed E-state index contributed by atoms with van der Waals surface area (Å²) in [6.45, 7) is 1.85. The maximum atomic E-state index is 14.0. The Balaban J connectivity index is 1.78. The summed E-state index contributed by atoms with van der Waals surface area (Å²) >= 11 is 7.64. The van der Waals surface area contributed by atoms with E-state index in [-0.39, 0.29) is 29.2 Å². The summed E-state index contributed by atoms with van der Waals surface area (Å²) in [4.78, 5) is 26.0. The molecule has 6 nitrogen and oxygen atoms in total. The molecule has 0 saturated carbocycles. The third-order valence-corrected chi connectivity index (χ3v) is 7.08. The van der Waals surface area contributed by atoms with E-state index in [4.69, 9.17) is 16.3 Å². The Kier molecular flexibility index (Phi) is 8.85. The van der Waals surface area contributed by atoms with E-state index in [1.54, 1.807) is 37.3 Å². The molecule has 1 amide bonds. The fraction of sp³-hybridized carbons (Fsp3) is 0.138. The Labute approximate surface area is 229 Å². The molecule has 0 radical (unpaired) electrons. The second-order valence-corrected chi connectivity index (χ2v) is 9.52. The molecule has 1 heterocycles. The highest BCUT2D eigenvalue weighted by molar-refractivity contribution is 8.03. The largest absolute Gasteiger partial charge is 0.463 e. The lowest BCUT2D eigenvalue weighted by Gasteiger charge is -2.31. The first-order chi connectivity index (χ1) is 18.4. The van der Waals surface area contributed by atoms with E-state index < -0.39 is 23.6 Å². The summed E-state index contributed by atoms with van der Waals surface area (Å²) in [6.07, 6.45) is 0. The summed E-state index contributed by atoms with van der Waals surface area (Å²) in [5.41, 5.74) is 2.21. The van der Waals surface area contributed by atoms with Gasteiger partial charge in [0.05, 0.1) is 51.9 Å². The molecular weight excluding hydrogens is 525 g/mol. The van der Waals surface area contributed by atoms with Crippen LogP contribution in [0.2, 0.25) is 5.02 Å². The fourth-order valence-electron chi connectivity index (χ4n) is 4.07. The van der Waals surface area contributed by atoms with E-state index in [0.29, 0.717) is 26.9 Å². The Morgan fingerprint density at radius 1 is 1.08 bits per heavy atom. The molecule has 0 unspecified atom stereocenters. The Bertz CT molecular complexity index is 1470. The maximum absolute atomic E-state index is 14.0. The summed E-state index contributed by atoms with van der Waals surface area (Å²) in [6, 6.07) is 24.2. The lowest BCUT2D eigenvalue weighted by atomic mass is 9.81. The first-order valence-corrected chi connectivity index (χ1v) is 13.1. The molecule has 38 heavy (non-hydrogen) atoms. The predicted molar refractivity (Wildman–Crippen MR) is 147 cm³/mol. The average molecular weight is 548 g/mol. The van der Waals surface area contributed by atoms with Gasteiger partial charge in [-0.05, 0) is 36.2 Å². The number of carbonyl (C=O) groups is 2. The number of nitrogens with zero attached hydrogens (tertiary/aromatic N) is 1. The molecule has 0 aliphatic carbocycles. The number of halogens is 2. The van der Waals surface area contributed by atoms with Crippen LogP contribution in [0.4, 0.5) is 10.1 Å². The molecular formula is C29H23ClFN3O3S. The number of hydrogen-bond donors (Lipinski definition) is 2. The summed E-state index contributed by atoms with van der Waals surface area (Å²) in [5, 5.41) is 16.8. The van der Waals surface area contributed by atoms with Crippen molar-refractivity contribution in [1.82, 2.24) is 5.32 Å². The molecule has 3 aromatic carbocycles. The van der Waals surface area contributed by atoms with Crippen LogP contribution < -0.4 is 10.6 Å². The molecule has 2 N–H and O–H groups in total. The van der Waals surface area contributed by atoms with E-state index in [1.807, 2.05) is 30.3 Å². The van der Waals surface area contributed by atoms with Crippen LogP contribution in [-0.4, -0.2) is 24.2 Å². The van der Waals surface area contributed by atoms with Gasteiger partial charge < -0.3 is 15.4 Å². The third-order valence-electron chi connectivity index (χ3n) is 5.72. The van der Waals surface area contributed by atoms with E-state index in [9.17, 15) is 19.2 Å². The monoisotopic (exact) mass is 547 g/mol. The van der Waals surface area contributed by atoms with Crippen molar-refractivity contribution in [3.8, 4) is 6.07 Å². The average Bonchev–Trinajstić information content (AvgIpc) is 2.93. The standard InChI is InChI=1S/C29H23ClFN3O3S/c1-2-37-29(36)26-25(19-12-6-7-13-21(19)30)20(16-32)28(34-27(26)18-10-4-3-5-11-18)38-17-24(35)33-23-15-9-8-14-22(23)31/h3-15,25,34H,2,17H2,1H3,(H,33,35)/t25-/m0/s1. The Hall–Kier alpha value is -4.06. The SMILES string of the molecule is CCOC(=O)C1=C(c2ccccc2)NC(SCC(=O)Nc2ccccc2F)=C(C#N)[C@@H]1c1ccccc1Cl. The van der Waals surface area contributed by atoms with E-state index in [2.05, 4.69) is 16.7 Å². The number of carbonyl (C=O) groups excluding carboxylic acids is 2. The van der Waals surface area contributed by atoms with E-state index in [0.717, 1.165) is 11.8 Å². The van der Waals surface area contributed by atoms with Crippen LogP contribution >= 0.6 is 23.4 Å². The number of nitrogens with one attached hydrogen (secondary N) is 2. The molecule has 1 aliphatic heterocycles. The van der Waals surface area contributed by atoms with Crippen LogP contribution in [0.15, 0.2) is 95.0 Å². The predicted octanol–water partition coefficient (Wildman–Crippen LogP) is 6.25. The van der Waals surface area contributed by atoms with Crippen molar-refractivity contribution in [2.24, 2.45) is 0 Å². The van der Waals surface area contributed by atoms with Gasteiger partial charge in [0.2, 0.25) is 5.91 Å². The lowest BCUT2D eigenvalue weighted by Crippen LogP contribution is -2.30. The minimum absolute atomic E-state index is 0.0626. The van der Waals surface area contributed by atoms with Gasteiger partial charge in [-0.1, -0.05) is 84.0 Å². The van der Waals surface area contributed by atoms with Crippen LogP contribution in [0, 0.1) is 17.1 Å². The lowest BCUT2D eigenvalue weighted by molar-refractivity contribution is -0.138. The molecule has 192 valence electrons. The molecule has 0 bridgehead atoms. The van der Waals surface area contributed by atoms with Gasteiger partial charge in [0.15, 0.2) is 0 Å². The quantitative estimate of drug-likeness (QED) is 0.324. The number of dihydropyridines is 1. The van der Waals surface area contributed by atoms with Gasteiger partial charge in [-0.3, -0.25) is 4.79 Å². The first-order valence-electron chi connectivity index (χ1n) is 11.7. The van der Waals surface area contributed by atoms with Crippen LogP contribution in [0.1, 0.15) is 24.0 Å². The smallest absolute Gasteiger partial charge is 0.337 e. The fourth-order valence-corrected chi connectivity index (χ4v) is 5.15. The molecule has 4 rings (SSSR count). The number of nitriles is 1. The van der Waals surface area contributed by atoms with Crippen LogP contribution in [0.3, 0.4) is 0 Å². The molecule has 0 aromatic heterocycles. The van der Waals surface area contributed by atoms with Gasteiger partial charge in [-0.2, -0.15) is 5.26 Å². The topological polar surface area (TPSA) is 91.2 Å². The molecule has 1 atom stereocenters. The summed E-state index contributed by atoms with van der Waals surface area (Å²) in [7, 11) is 0. The number of benzene rings is 3. The maximum Gasteiger partial charge on any atom is 0.337 e. The third kappa shape index (κ3) is 5.91. The van der Waals surface area contributed by atoms with Gasteiger partial charge in [-0.25, -0.2) is 9.18 Å². The van der Waals surface area contributed by atoms with Gasteiger partial charge >= 0.3 is 5.97 Å². The number of rotatable bonds is 8. The normalized spacial score (nSPS) is 14.9. The van der Waals surface area contributed by atoms with Gasteiger partial charge in [0.25, 0.3) is 0 Å². The zero-order chi connectivity index (χ0) is 27.1. The number of ether oxygens (including phenoxy) is 1. The number of hydrogen-bond acceptors (Lipinski definition) is 6. The minimum Gasteiger partial charge on any atom is -0.463 e. The van der Waals surface area contributed by atoms with Crippen LogP contribution in [0.25, 0.3) is 5.70 Å². The number of amides is 1. The second-order valence-electron chi connectivity index (χ2n) is 8.13. The summed E-state index contributed by atoms with van der Waals surface area (Å²) in [5.74, 6) is -2.55. The highest BCUT2D eigenvalue weighted by Crippen LogP contribution is 2.45. The van der Waals surface area contributed by atoms with Crippen molar-refractivity contribution in [2.75, 3.05) is 17.7 Å². The number of esters is 1. The van der Waals surface area contributed by atoms with Gasteiger partial charge in [0, 0.05) is 5.02 Å². The minimum atomic E-state index is -0.846. The highest BCUT2D eigenvalue weighted by atomic mass is 35.5. The van der Waals surface area contributed by atoms with E-state index >= 15 is 0 Å². The van der Waals surface area contributed by atoms with Gasteiger partial charge in [0.1, 0.15) is 5.82 Å². The van der Waals surface area contributed by atoms with Crippen molar-refractivity contribution >= 4 is 46.6 Å². The molecule has 0 fully saturated rings. The molecule has 3 aromatic rings. The van der Waals surface area contributed by atoms with Crippen molar-refractivity contribution < 1.29 is 18.7 Å². The van der Waals surface area contributed by atoms with Crippen molar-refractivity contribution in [3.63, 3.8) is 0 Å². The van der Waals surface area contributed by atoms with Crippen molar-refractivity contribution in [3.05, 3.63) is 117 Å². The summed E-state index contributed by atoms with van der Waals surface area (Å²) < 4.78 is 19.4. The van der Waals surface area contributed by atoms with Crippen LogP contribution in [0.5, 0.6) is 0 Å². The molecule has 1 aliphatic rings. The van der Waals surface area contributed by atoms with Gasteiger partial charge in [-0.15, -0.1) is 0 Å². The number of thioether (sulfide) groups is 1. The number of allylic oxidation sites excluding steroid dienone is 1. The molecule has 9 heteroatoms. The zero-order valence-corrected chi connectivity index (χ0v) is 21.9. The highest BCUT2D eigenvalue weighted by Gasteiger charge is 2.38. The second kappa shape index (κ2) is 12.5. The Morgan fingerprint density at radius 3 is 2.45 bits per heavy atom. The first kappa shape index (κ1) is 27.0. The van der Waals surface area contributed by atoms with Crippen LogP contribution in [-0.2, 0) is 14.3 Å². The zero-order valence-electron chi connectivity index (χ0n) is 20.3. The van der Waals surface area contributed by atoms with E-state index in [1.165, 1.54) is 18.2 Å². The Morgan fingerprint density at radius 2 is 1.76 bits per heavy atom. The number of para-hydroxylation sites is 1.